The number of halogens is 2. The highest BCUT2D eigenvalue weighted by Gasteiger charge is 2.25. The molecule has 3 rings (SSSR count). The van der Waals surface area contributed by atoms with Crippen molar-refractivity contribution in [2.24, 2.45) is 0 Å². The van der Waals surface area contributed by atoms with E-state index in [0.29, 0.717) is 22.0 Å². The van der Waals surface area contributed by atoms with E-state index in [-0.39, 0.29) is 5.02 Å². The van der Waals surface area contributed by atoms with Crippen molar-refractivity contribution in [3.63, 3.8) is 0 Å². The molecule has 7 heteroatoms. The molecule has 1 amide bonds. The Morgan fingerprint density at radius 2 is 2.04 bits per heavy atom. The molecule has 26 heavy (non-hydrogen) atoms. The van der Waals surface area contributed by atoms with Crippen molar-refractivity contribution in [1.29, 1.82) is 0 Å². The quantitative estimate of drug-likeness (QED) is 0.659. The van der Waals surface area contributed by atoms with E-state index in [2.05, 4.69) is 5.32 Å². The molecule has 1 heterocycles. The summed E-state index contributed by atoms with van der Waals surface area (Å²) in [6, 6.07) is 6.87. The van der Waals surface area contributed by atoms with Gasteiger partial charge in [0.05, 0.1) is 15.7 Å². The lowest BCUT2D eigenvalue weighted by atomic mass is 9.99. The standard InChI is InChI=1S/C19H19Cl2NO3S/c1-2-14(18(23)22-13-8-5-7-12(20)17(13)21)25-19(24)16-10-11-6-3-4-9-15(11)26-16/h5,7-8,10,14H,2-4,6,9H2,1H3,(H,22,23). The van der Waals surface area contributed by atoms with Crippen LogP contribution in [0.1, 0.15) is 46.3 Å². The smallest absolute Gasteiger partial charge is 0.349 e. The first-order chi connectivity index (χ1) is 12.5. The minimum atomic E-state index is -0.892. The number of carbonyl (C=O) groups excluding carboxylic acids is 2. The molecule has 1 atom stereocenters. The predicted octanol–water partition coefficient (Wildman–Crippen LogP) is 5.51. The van der Waals surface area contributed by atoms with Gasteiger partial charge in [-0.2, -0.15) is 0 Å². The van der Waals surface area contributed by atoms with Crippen LogP contribution in [0.4, 0.5) is 5.69 Å². The van der Waals surface area contributed by atoms with Gasteiger partial charge in [0.25, 0.3) is 5.91 Å². The van der Waals surface area contributed by atoms with E-state index in [0.717, 1.165) is 25.7 Å². The average Bonchev–Trinajstić information content (AvgIpc) is 3.07. The summed E-state index contributed by atoms with van der Waals surface area (Å²) in [5.41, 5.74) is 1.63. The van der Waals surface area contributed by atoms with Crippen LogP contribution in [0.5, 0.6) is 0 Å². The van der Waals surface area contributed by atoms with Gasteiger partial charge in [-0.15, -0.1) is 11.3 Å². The summed E-state index contributed by atoms with van der Waals surface area (Å²) in [6.07, 6.45) is 3.79. The zero-order valence-corrected chi connectivity index (χ0v) is 16.6. The molecule has 0 fully saturated rings. The van der Waals surface area contributed by atoms with E-state index in [1.54, 1.807) is 25.1 Å². The second kappa shape index (κ2) is 8.42. The Balaban J connectivity index is 1.68. The molecule has 138 valence electrons. The molecule has 1 unspecified atom stereocenters. The number of thiophene rings is 1. The number of rotatable bonds is 5. The van der Waals surface area contributed by atoms with Crippen molar-refractivity contribution in [1.82, 2.24) is 0 Å². The second-order valence-corrected chi connectivity index (χ2v) is 8.08. The maximum absolute atomic E-state index is 12.5. The molecule has 1 aromatic heterocycles. The molecule has 0 saturated heterocycles. The number of amides is 1. The Labute approximate surface area is 166 Å². The Bertz CT molecular complexity index is 811. The molecule has 0 aliphatic heterocycles. The summed E-state index contributed by atoms with van der Waals surface area (Å²) >= 11 is 13.5. The fourth-order valence-electron chi connectivity index (χ4n) is 2.91. The SMILES string of the molecule is CCC(OC(=O)c1cc2c(s1)CCCC2)C(=O)Nc1cccc(Cl)c1Cl. The number of carbonyl (C=O) groups is 2. The normalized spacial score (nSPS) is 14.4. The summed E-state index contributed by atoms with van der Waals surface area (Å²) in [4.78, 5) is 26.8. The molecule has 1 aliphatic rings. The van der Waals surface area contributed by atoms with Crippen LogP contribution >= 0.6 is 34.5 Å². The van der Waals surface area contributed by atoms with E-state index >= 15 is 0 Å². The van der Waals surface area contributed by atoms with Crippen LogP contribution in [-0.4, -0.2) is 18.0 Å². The number of benzene rings is 1. The lowest BCUT2D eigenvalue weighted by molar-refractivity contribution is -0.124. The molecule has 4 nitrogen and oxygen atoms in total. The van der Waals surface area contributed by atoms with Crippen molar-refractivity contribution < 1.29 is 14.3 Å². The van der Waals surface area contributed by atoms with Gasteiger partial charge in [0.15, 0.2) is 6.10 Å². The third kappa shape index (κ3) is 4.22. The van der Waals surface area contributed by atoms with E-state index < -0.39 is 18.0 Å². The molecule has 1 aliphatic carbocycles. The van der Waals surface area contributed by atoms with Crippen molar-refractivity contribution >= 4 is 52.1 Å². The maximum atomic E-state index is 12.5. The number of hydrogen-bond acceptors (Lipinski definition) is 4. The van der Waals surface area contributed by atoms with Crippen LogP contribution in [0.2, 0.25) is 10.0 Å². The highest BCUT2D eigenvalue weighted by atomic mass is 35.5. The third-order valence-electron chi connectivity index (χ3n) is 4.32. The lowest BCUT2D eigenvalue weighted by Crippen LogP contribution is -2.32. The van der Waals surface area contributed by atoms with E-state index in [1.807, 2.05) is 6.07 Å². The zero-order chi connectivity index (χ0) is 18.7. The largest absolute Gasteiger partial charge is 0.448 e. The molecule has 1 N–H and O–H groups in total. The van der Waals surface area contributed by atoms with Crippen molar-refractivity contribution in [2.45, 2.75) is 45.1 Å². The summed E-state index contributed by atoms with van der Waals surface area (Å²) in [5, 5.41) is 3.28. The van der Waals surface area contributed by atoms with Crippen molar-refractivity contribution in [2.75, 3.05) is 5.32 Å². The van der Waals surface area contributed by atoms with Gasteiger partial charge in [0, 0.05) is 4.88 Å². The Morgan fingerprint density at radius 3 is 2.77 bits per heavy atom. The molecule has 0 saturated carbocycles. The van der Waals surface area contributed by atoms with Crippen LogP contribution in [0.15, 0.2) is 24.3 Å². The topological polar surface area (TPSA) is 55.4 Å². The summed E-state index contributed by atoms with van der Waals surface area (Å²) in [7, 11) is 0. The molecule has 1 aromatic carbocycles. The van der Waals surface area contributed by atoms with Gasteiger partial charge in [0.1, 0.15) is 4.88 Å². The van der Waals surface area contributed by atoms with E-state index in [4.69, 9.17) is 27.9 Å². The number of esters is 1. The van der Waals surface area contributed by atoms with Crippen molar-refractivity contribution in [3.05, 3.63) is 49.6 Å². The van der Waals surface area contributed by atoms with E-state index in [1.165, 1.54) is 21.8 Å². The van der Waals surface area contributed by atoms with Crippen LogP contribution in [-0.2, 0) is 22.4 Å². The maximum Gasteiger partial charge on any atom is 0.349 e. The first-order valence-corrected chi connectivity index (χ1v) is 10.1. The number of aryl methyl sites for hydroxylation is 2. The number of anilines is 1. The van der Waals surface area contributed by atoms with Gasteiger partial charge in [-0.1, -0.05) is 36.2 Å². The number of fused-ring (bicyclic) bond motifs is 1. The van der Waals surface area contributed by atoms with Crippen molar-refractivity contribution in [3.8, 4) is 0 Å². The third-order valence-corrected chi connectivity index (χ3v) is 6.36. The Kier molecular flexibility index (Phi) is 6.22. The monoisotopic (exact) mass is 411 g/mol. The summed E-state index contributed by atoms with van der Waals surface area (Å²) < 4.78 is 5.45. The van der Waals surface area contributed by atoms with Crippen LogP contribution in [0.3, 0.4) is 0 Å². The zero-order valence-electron chi connectivity index (χ0n) is 14.3. The average molecular weight is 412 g/mol. The predicted molar refractivity (Wildman–Crippen MR) is 106 cm³/mol. The van der Waals surface area contributed by atoms with Gasteiger partial charge < -0.3 is 10.1 Å². The minimum absolute atomic E-state index is 0.259. The number of hydrogen-bond donors (Lipinski definition) is 1. The molecular weight excluding hydrogens is 393 g/mol. The number of ether oxygens (including phenoxy) is 1. The number of nitrogens with one attached hydrogen (secondary N) is 1. The molecule has 0 bridgehead atoms. The van der Waals surface area contributed by atoms with Crippen LogP contribution in [0, 0.1) is 0 Å². The van der Waals surface area contributed by atoms with Gasteiger partial charge in [0.2, 0.25) is 0 Å². The van der Waals surface area contributed by atoms with Gasteiger partial charge in [-0.05, 0) is 55.9 Å². The molecular formula is C19H19Cl2NO3S. The Hall–Kier alpha value is -1.56. The van der Waals surface area contributed by atoms with Crippen LogP contribution in [0.25, 0.3) is 0 Å². The second-order valence-electron chi connectivity index (χ2n) is 6.16. The molecule has 0 spiro atoms. The highest BCUT2D eigenvalue weighted by molar-refractivity contribution is 7.14. The summed E-state index contributed by atoms with van der Waals surface area (Å²) in [5.74, 6) is -0.880. The van der Waals surface area contributed by atoms with Gasteiger partial charge in [-0.25, -0.2) is 4.79 Å². The fraction of sp³-hybridized carbons (Fsp3) is 0.368. The first kappa shape index (κ1) is 19.2. The molecule has 2 aromatic rings. The first-order valence-electron chi connectivity index (χ1n) is 8.57. The van der Waals surface area contributed by atoms with Gasteiger partial charge in [-0.3, -0.25) is 4.79 Å². The highest BCUT2D eigenvalue weighted by Crippen LogP contribution is 2.31. The van der Waals surface area contributed by atoms with E-state index in [9.17, 15) is 9.59 Å². The summed E-state index contributed by atoms with van der Waals surface area (Å²) in [6.45, 7) is 1.79. The Morgan fingerprint density at radius 1 is 1.27 bits per heavy atom. The lowest BCUT2D eigenvalue weighted by Gasteiger charge is -2.16. The fourth-order valence-corrected chi connectivity index (χ4v) is 4.40. The minimum Gasteiger partial charge on any atom is -0.448 e. The molecule has 0 radical (unpaired) electrons. The van der Waals surface area contributed by atoms with Crippen LogP contribution < -0.4 is 5.32 Å². The van der Waals surface area contributed by atoms with Gasteiger partial charge >= 0.3 is 5.97 Å².